The Morgan fingerprint density at radius 3 is 2.18 bits per heavy atom. The van der Waals surface area contributed by atoms with Crippen LogP contribution in [0.5, 0.6) is 0 Å². The second-order valence-electron chi connectivity index (χ2n) is 6.27. The Morgan fingerprint density at radius 1 is 1.00 bits per heavy atom. The molecule has 4 fully saturated rings. The van der Waals surface area contributed by atoms with Crippen molar-refractivity contribution in [2.75, 3.05) is 0 Å². The Labute approximate surface area is 102 Å². The van der Waals surface area contributed by atoms with E-state index in [1.165, 1.54) is 32.1 Å². The van der Waals surface area contributed by atoms with Crippen molar-refractivity contribution in [1.82, 2.24) is 0 Å². The van der Waals surface area contributed by atoms with E-state index in [0.29, 0.717) is 11.7 Å². The fraction of sp³-hybridized carbons (Fsp3) is 0.667. The van der Waals surface area contributed by atoms with E-state index in [9.17, 15) is 0 Å². The molecule has 0 unspecified atom stereocenters. The van der Waals surface area contributed by atoms with Gasteiger partial charge in [-0.1, -0.05) is 0 Å². The number of furan rings is 1. The van der Waals surface area contributed by atoms with E-state index >= 15 is 0 Å². The van der Waals surface area contributed by atoms with Gasteiger partial charge in [-0.05, 0) is 67.9 Å². The number of hydrogen-bond acceptors (Lipinski definition) is 2. The maximum Gasteiger partial charge on any atom is 0.203 e. The van der Waals surface area contributed by atoms with Crippen molar-refractivity contribution < 1.29 is 4.42 Å². The summed E-state index contributed by atoms with van der Waals surface area (Å²) < 4.78 is 5.70. The molecule has 1 heterocycles. The first kappa shape index (κ1) is 9.76. The zero-order valence-corrected chi connectivity index (χ0v) is 9.93. The highest BCUT2D eigenvalue weighted by Gasteiger charge is 2.49. The molecule has 17 heavy (non-hydrogen) atoms. The number of nitriles is 1. The highest BCUT2D eigenvalue weighted by molar-refractivity contribution is 5.23. The van der Waals surface area contributed by atoms with Crippen LogP contribution in [0.3, 0.4) is 0 Å². The summed E-state index contributed by atoms with van der Waals surface area (Å²) in [6.45, 7) is 0. The van der Waals surface area contributed by atoms with E-state index in [4.69, 9.17) is 9.68 Å². The summed E-state index contributed by atoms with van der Waals surface area (Å²) in [6.07, 6.45) is 7.10. The van der Waals surface area contributed by atoms with Crippen LogP contribution in [0.15, 0.2) is 16.5 Å². The van der Waals surface area contributed by atoms with Gasteiger partial charge in [0.2, 0.25) is 5.76 Å². The molecule has 1 aromatic rings. The molecular weight excluding hydrogens is 210 g/mol. The van der Waals surface area contributed by atoms with Crippen LogP contribution in [0, 0.1) is 35.0 Å². The van der Waals surface area contributed by atoms with Crippen molar-refractivity contribution in [3.8, 4) is 6.07 Å². The molecule has 88 valence electrons. The zero-order valence-electron chi connectivity index (χ0n) is 9.93. The van der Waals surface area contributed by atoms with Crippen molar-refractivity contribution >= 4 is 0 Å². The normalized spacial score (nSPS) is 42.6. The fourth-order valence-electron chi connectivity index (χ4n) is 4.98. The molecule has 0 N–H and O–H groups in total. The summed E-state index contributed by atoms with van der Waals surface area (Å²) in [5.41, 5.74) is 0. The molecule has 4 bridgehead atoms. The number of hydrogen-bond donors (Lipinski definition) is 0. The summed E-state index contributed by atoms with van der Waals surface area (Å²) in [6, 6.07) is 5.98. The molecule has 0 aliphatic heterocycles. The lowest BCUT2D eigenvalue weighted by Crippen LogP contribution is -2.43. The quantitative estimate of drug-likeness (QED) is 0.733. The lowest BCUT2D eigenvalue weighted by atomic mass is 9.51. The van der Waals surface area contributed by atoms with Crippen molar-refractivity contribution in [1.29, 1.82) is 5.26 Å². The molecule has 4 aliphatic rings. The first-order valence-corrected chi connectivity index (χ1v) is 6.83. The van der Waals surface area contributed by atoms with E-state index in [1.54, 1.807) is 0 Å². The van der Waals surface area contributed by atoms with Gasteiger partial charge in [0.05, 0.1) is 0 Å². The minimum Gasteiger partial charge on any atom is -0.450 e. The van der Waals surface area contributed by atoms with Crippen LogP contribution in [0.25, 0.3) is 0 Å². The van der Waals surface area contributed by atoms with E-state index in [1.807, 2.05) is 12.1 Å². The van der Waals surface area contributed by atoms with Crippen LogP contribution in [-0.4, -0.2) is 0 Å². The van der Waals surface area contributed by atoms with Crippen molar-refractivity contribution in [3.05, 3.63) is 23.7 Å². The van der Waals surface area contributed by atoms with Crippen molar-refractivity contribution in [2.24, 2.45) is 23.7 Å². The van der Waals surface area contributed by atoms with Gasteiger partial charge in [0.1, 0.15) is 11.8 Å². The topological polar surface area (TPSA) is 36.9 Å². The molecule has 2 heteroatoms. The monoisotopic (exact) mass is 227 g/mol. The molecule has 1 aromatic heterocycles. The maximum atomic E-state index is 8.86. The highest BCUT2D eigenvalue weighted by Crippen LogP contribution is 2.59. The third kappa shape index (κ3) is 1.38. The van der Waals surface area contributed by atoms with Gasteiger partial charge in [0.25, 0.3) is 0 Å². The van der Waals surface area contributed by atoms with E-state index in [-0.39, 0.29) is 0 Å². The molecule has 4 saturated carbocycles. The van der Waals surface area contributed by atoms with Crippen molar-refractivity contribution in [3.63, 3.8) is 0 Å². The molecule has 0 aromatic carbocycles. The highest BCUT2D eigenvalue weighted by atomic mass is 16.3. The minimum absolute atomic E-state index is 0.480. The lowest BCUT2D eigenvalue weighted by Gasteiger charge is -2.53. The number of rotatable bonds is 1. The predicted octanol–water partition coefficient (Wildman–Crippen LogP) is 3.69. The minimum atomic E-state index is 0.480. The average molecular weight is 227 g/mol. The third-order valence-corrected chi connectivity index (χ3v) is 5.29. The Morgan fingerprint density at radius 2 is 1.65 bits per heavy atom. The Hall–Kier alpha value is -1.23. The molecular formula is C15H17NO. The van der Waals surface area contributed by atoms with Crippen LogP contribution >= 0.6 is 0 Å². The van der Waals surface area contributed by atoms with Gasteiger partial charge in [0.15, 0.2) is 0 Å². The van der Waals surface area contributed by atoms with E-state index < -0.39 is 0 Å². The maximum absolute atomic E-state index is 8.86. The van der Waals surface area contributed by atoms with E-state index in [2.05, 4.69) is 6.07 Å². The largest absolute Gasteiger partial charge is 0.450 e. The second kappa shape index (κ2) is 3.38. The van der Waals surface area contributed by atoms with Gasteiger partial charge in [-0.3, -0.25) is 0 Å². The van der Waals surface area contributed by atoms with Crippen LogP contribution in [0.1, 0.15) is 49.5 Å². The van der Waals surface area contributed by atoms with Crippen LogP contribution in [-0.2, 0) is 0 Å². The smallest absolute Gasteiger partial charge is 0.203 e. The average Bonchev–Trinajstić information content (AvgIpc) is 2.76. The molecule has 0 atom stereocenters. The van der Waals surface area contributed by atoms with Crippen LogP contribution in [0.2, 0.25) is 0 Å². The molecule has 0 spiro atoms. The molecule has 0 radical (unpaired) electrons. The van der Waals surface area contributed by atoms with Crippen LogP contribution < -0.4 is 0 Å². The second-order valence-corrected chi connectivity index (χ2v) is 6.27. The Kier molecular flexibility index (Phi) is 1.94. The van der Waals surface area contributed by atoms with Crippen LogP contribution in [0.4, 0.5) is 0 Å². The summed E-state index contributed by atoms with van der Waals surface area (Å²) in [4.78, 5) is 0. The van der Waals surface area contributed by atoms with Gasteiger partial charge in [-0.25, -0.2) is 0 Å². The lowest BCUT2D eigenvalue weighted by molar-refractivity contribution is -0.00970. The molecule has 5 rings (SSSR count). The Bertz CT molecular complexity index is 453. The first-order chi connectivity index (χ1) is 8.33. The standard InChI is InChI=1S/C15H17NO/c16-8-13-1-2-14(17-13)15-11-4-9-3-10(6-11)7-12(15)5-9/h1-2,9-12,15H,3-7H2. The predicted molar refractivity (Wildman–Crippen MR) is 63.2 cm³/mol. The summed E-state index contributed by atoms with van der Waals surface area (Å²) >= 11 is 0. The molecule has 4 aliphatic carbocycles. The van der Waals surface area contributed by atoms with Gasteiger partial charge in [0, 0.05) is 5.92 Å². The molecule has 0 amide bonds. The Balaban J connectivity index is 1.68. The number of nitrogens with zero attached hydrogens (tertiary/aromatic N) is 1. The molecule has 2 nitrogen and oxygen atoms in total. The van der Waals surface area contributed by atoms with Gasteiger partial charge in [-0.15, -0.1) is 0 Å². The summed E-state index contributed by atoms with van der Waals surface area (Å²) in [5.74, 6) is 5.86. The summed E-state index contributed by atoms with van der Waals surface area (Å²) in [5, 5.41) is 8.86. The van der Waals surface area contributed by atoms with Crippen molar-refractivity contribution in [2.45, 2.75) is 38.0 Å². The zero-order chi connectivity index (χ0) is 11.4. The first-order valence-electron chi connectivity index (χ1n) is 6.83. The van der Waals surface area contributed by atoms with Gasteiger partial charge < -0.3 is 4.42 Å². The van der Waals surface area contributed by atoms with Gasteiger partial charge >= 0.3 is 0 Å². The van der Waals surface area contributed by atoms with Gasteiger partial charge in [-0.2, -0.15) is 5.26 Å². The van der Waals surface area contributed by atoms with E-state index in [0.717, 1.165) is 29.4 Å². The fourth-order valence-corrected chi connectivity index (χ4v) is 4.98. The third-order valence-electron chi connectivity index (χ3n) is 5.29. The molecule has 0 saturated heterocycles. The SMILES string of the molecule is N#Cc1ccc(C2C3CC4CC(C3)CC2C4)o1. The summed E-state index contributed by atoms with van der Waals surface area (Å²) in [7, 11) is 0.